The minimum atomic E-state index is -0.355. The van der Waals surface area contributed by atoms with Crippen LogP contribution in [0.3, 0.4) is 0 Å². The average molecular weight is 169 g/mol. The summed E-state index contributed by atoms with van der Waals surface area (Å²) >= 11 is 3.54. The third kappa shape index (κ3) is 4.97. The van der Waals surface area contributed by atoms with Gasteiger partial charge in [0.25, 0.3) is 0 Å². The zero-order valence-electron chi connectivity index (χ0n) is 4.83. The molecule has 0 aromatic carbocycles. The van der Waals surface area contributed by atoms with Crippen LogP contribution in [-0.2, 0) is 0 Å². The van der Waals surface area contributed by atoms with E-state index in [0.29, 0.717) is 0 Å². The number of halogens is 1. The molecule has 0 fully saturated rings. The summed E-state index contributed by atoms with van der Waals surface area (Å²) in [5, 5.41) is 0. The van der Waals surface area contributed by atoms with Gasteiger partial charge in [0, 0.05) is 20.0 Å². The van der Waals surface area contributed by atoms with Crippen molar-refractivity contribution in [3.05, 3.63) is 0 Å². The van der Waals surface area contributed by atoms with Crippen LogP contribution in [0.4, 0.5) is 0 Å². The van der Waals surface area contributed by atoms with Crippen LogP contribution in [-0.4, -0.2) is 25.8 Å². The highest BCUT2D eigenvalue weighted by atomic mass is 79.9. The van der Waals surface area contributed by atoms with Crippen LogP contribution < -0.4 is 0 Å². The molecule has 0 aromatic rings. The third-order valence-electron chi connectivity index (χ3n) is 0.507. The molecule has 0 rings (SSSR count). The molecule has 0 aliphatic heterocycles. The number of rotatable bonds is 1. The van der Waals surface area contributed by atoms with Gasteiger partial charge in [-0.3, -0.25) is 0 Å². The van der Waals surface area contributed by atoms with E-state index in [-0.39, 0.29) is 13.0 Å². The van der Waals surface area contributed by atoms with E-state index in [2.05, 4.69) is 35.8 Å². The van der Waals surface area contributed by atoms with Gasteiger partial charge < -0.3 is 15.8 Å². The Balaban J connectivity index is 3.17. The zero-order chi connectivity index (χ0) is 5.21. The molecule has 0 saturated carbocycles. The van der Waals surface area contributed by atoms with Crippen molar-refractivity contribution in [2.24, 2.45) is 0 Å². The van der Waals surface area contributed by atoms with Gasteiger partial charge in [0.2, 0.25) is 0 Å². The molecule has 0 spiro atoms. The normalized spacial score (nSPS) is 12.0. The van der Waals surface area contributed by atoms with Crippen LogP contribution >= 0.6 is 22.9 Å². The molecule has 0 saturated heterocycles. The lowest BCUT2D eigenvalue weighted by molar-refractivity contribution is 2.09. The second kappa shape index (κ2) is 2.33. The topological polar surface area (TPSA) is 0 Å². The molecular weight excluding hydrogens is 158 g/mol. The average Bonchev–Trinajstić information content (AvgIpc) is 1.35. The summed E-state index contributed by atoms with van der Waals surface area (Å²) in [6, 6.07) is 0. The van der Waals surface area contributed by atoms with E-state index in [9.17, 15) is 0 Å². The Bertz CT molecular complexity index is 40.5. The summed E-state index contributed by atoms with van der Waals surface area (Å²) in [6.07, 6.45) is 0. The SMILES string of the molecule is C[P+](C)(C)[BH2-]Br. The maximum Gasteiger partial charge on any atom is 0.200 e. The van der Waals surface area contributed by atoms with E-state index < -0.39 is 0 Å². The van der Waals surface area contributed by atoms with Crippen molar-refractivity contribution in [1.82, 2.24) is 0 Å². The van der Waals surface area contributed by atoms with Crippen LogP contribution in [0.5, 0.6) is 0 Å². The summed E-state index contributed by atoms with van der Waals surface area (Å²) in [7, 11) is -0.355. The first kappa shape index (κ1) is 6.97. The minimum absolute atomic E-state index is 0.278. The molecule has 0 aromatic heterocycles. The maximum atomic E-state index is 3.54. The molecule has 38 valence electrons. The Morgan fingerprint density at radius 2 is 1.50 bits per heavy atom. The lowest BCUT2D eigenvalue weighted by Crippen LogP contribution is -1.86. The smallest absolute Gasteiger partial charge is 0.200 e. The van der Waals surface area contributed by atoms with E-state index in [1.807, 2.05) is 0 Å². The molecule has 0 N–H and O–H groups in total. The van der Waals surface area contributed by atoms with Gasteiger partial charge in [-0.05, 0) is 0 Å². The van der Waals surface area contributed by atoms with Crippen LogP contribution in [0, 0.1) is 0 Å². The van der Waals surface area contributed by atoms with Gasteiger partial charge in [-0.1, -0.05) is 0 Å². The Kier molecular flexibility index (Phi) is 2.70. The van der Waals surface area contributed by atoms with Crippen molar-refractivity contribution in [3.8, 4) is 0 Å². The van der Waals surface area contributed by atoms with E-state index in [0.717, 1.165) is 0 Å². The summed E-state index contributed by atoms with van der Waals surface area (Å²) < 4.78 is 0. The van der Waals surface area contributed by atoms with Crippen LogP contribution in [0.15, 0.2) is 0 Å². The summed E-state index contributed by atoms with van der Waals surface area (Å²) in [4.78, 5) is 0. The molecule has 0 unspecified atom stereocenters. The Labute approximate surface area is 49.2 Å². The fourth-order valence-electron chi connectivity index (χ4n) is 0. The fraction of sp³-hybridized carbons (Fsp3) is 1.00. The molecule has 6 heavy (non-hydrogen) atoms. The monoisotopic (exact) mass is 168 g/mol. The van der Waals surface area contributed by atoms with Crippen LogP contribution in [0.25, 0.3) is 0 Å². The lowest BCUT2D eigenvalue weighted by atomic mass is 10.7. The second-order valence-electron chi connectivity index (χ2n) is 2.85. The summed E-state index contributed by atoms with van der Waals surface area (Å²) in [6.45, 7) is 7.09. The van der Waals surface area contributed by atoms with Crippen LogP contribution in [0.1, 0.15) is 0 Å². The van der Waals surface area contributed by atoms with Gasteiger partial charge in [0.15, 0.2) is 5.82 Å². The van der Waals surface area contributed by atoms with Gasteiger partial charge in [0.05, 0.1) is 0 Å². The first-order chi connectivity index (χ1) is 2.56. The molecule has 0 nitrogen and oxygen atoms in total. The first-order valence-electron chi connectivity index (χ1n) is 2.17. The van der Waals surface area contributed by atoms with E-state index in [1.165, 1.54) is 0 Å². The van der Waals surface area contributed by atoms with Crippen molar-refractivity contribution in [2.45, 2.75) is 0 Å². The van der Waals surface area contributed by atoms with Gasteiger partial charge in [-0.25, -0.2) is 0 Å². The quantitative estimate of drug-likeness (QED) is 0.409. The predicted octanol–water partition coefficient (Wildman–Crippen LogP) is 1.29. The van der Waals surface area contributed by atoms with Crippen molar-refractivity contribution in [2.75, 3.05) is 20.0 Å². The van der Waals surface area contributed by atoms with Crippen molar-refractivity contribution >= 4 is 28.7 Å². The largest absolute Gasteiger partial charge is 0.308 e. The molecule has 0 radical (unpaired) electrons. The number of hydrogen-bond acceptors (Lipinski definition) is 0. The molecule has 0 aliphatic carbocycles. The Morgan fingerprint density at radius 1 is 1.33 bits per heavy atom. The molecular formula is C3H11BBrP. The molecule has 0 atom stereocenters. The van der Waals surface area contributed by atoms with Crippen molar-refractivity contribution < 1.29 is 0 Å². The highest BCUT2D eigenvalue weighted by Gasteiger charge is 2.04. The van der Waals surface area contributed by atoms with Gasteiger partial charge in [-0.2, -0.15) is 7.14 Å². The fourth-order valence-corrected chi connectivity index (χ4v) is 0. The highest BCUT2D eigenvalue weighted by molar-refractivity contribution is 9.26. The Hall–Kier alpha value is 0.975. The lowest BCUT2D eigenvalue weighted by Gasteiger charge is -2.12. The van der Waals surface area contributed by atoms with Gasteiger partial charge in [0.1, 0.15) is 0 Å². The summed E-state index contributed by atoms with van der Waals surface area (Å²) in [5.41, 5.74) is 0. The maximum absolute atomic E-state index is 3.54. The minimum Gasteiger partial charge on any atom is -0.308 e. The van der Waals surface area contributed by atoms with Crippen LogP contribution in [0.2, 0.25) is 0 Å². The standard InChI is InChI=1S/C3H11BBrP/c1-6(2,3)4-5/h4H2,1-3H3. The van der Waals surface area contributed by atoms with E-state index in [4.69, 9.17) is 0 Å². The second-order valence-corrected chi connectivity index (χ2v) is 10.7. The van der Waals surface area contributed by atoms with Crippen molar-refractivity contribution in [3.63, 3.8) is 0 Å². The molecule has 3 heteroatoms. The molecule has 0 amide bonds. The predicted molar refractivity (Wildman–Crippen MR) is 42.2 cm³/mol. The van der Waals surface area contributed by atoms with E-state index >= 15 is 0 Å². The van der Waals surface area contributed by atoms with E-state index in [1.54, 1.807) is 0 Å². The number of hydrogen-bond donors (Lipinski definition) is 0. The highest BCUT2D eigenvalue weighted by Crippen LogP contribution is 2.45. The third-order valence-corrected chi connectivity index (χ3v) is 7.90. The zero-order valence-corrected chi connectivity index (χ0v) is 7.31. The van der Waals surface area contributed by atoms with Gasteiger partial charge >= 0.3 is 0 Å². The molecule has 0 aliphatic rings. The van der Waals surface area contributed by atoms with Gasteiger partial charge in [-0.15, -0.1) is 0 Å². The molecule has 0 bridgehead atoms. The molecule has 0 heterocycles. The summed E-state index contributed by atoms with van der Waals surface area (Å²) in [5.74, 6) is 0.278. The first-order valence-corrected chi connectivity index (χ1v) is 7.33. The van der Waals surface area contributed by atoms with Crippen molar-refractivity contribution in [1.29, 1.82) is 0 Å². The Morgan fingerprint density at radius 3 is 1.50 bits per heavy atom.